The summed E-state index contributed by atoms with van der Waals surface area (Å²) in [5.41, 5.74) is -0.293. The molecule has 0 radical (unpaired) electrons. The van der Waals surface area contributed by atoms with Crippen molar-refractivity contribution in [3.05, 3.63) is 70.4 Å². The maximum absolute atomic E-state index is 13.0. The zero-order valence-electron chi connectivity index (χ0n) is 12.7. The highest BCUT2D eigenvalue weighted by molar-refractivity contribution is 6.11. The first-order valence-electron chi connectivity index (χ1n) is 7.29. The molecule has 1 aromatic heterocycles. The fourth-order valence-electron chi connectivity index (χ4n) is 2.14. The van der Waals surface area contributed by atoms with Gasteiger partial charge in [0.05, 0.1) is 0 Å². The number of pyridine rings is 1. The van der Waals surface area contributed by atoms with Crippen LogP contribution in [-0.2, 0) is 4.79 Å². The molecule has 6 heteroatoms. The van der Waals surface area contributed by atoms with Crippen molar-refractivity contribution in [2.24, 2.45) is 0 Å². The fraction of sp³-hybridized carbons (Fsp3) is 0.235. The van der Waals surface area contributed by atoms with Gasteiger partial charge in [-0.15, -0.1) is 0 Å². The monoisotopic (exact) mass is 316 g/mol. The number of ketones is 1. The molecule has 5 nitrogen and oxygen atoms in total. The molecular weight excluding hydrogens is 299 g/mol. The zero-order valence-corrected chi connectivity index (χ0v) is 12.7. The highest BCUT2D eigenvalue weighted by Gasteiger charge is 2.29. The highest BCUT2D eigenvalue weighted by Crippen LogP contribution is 2.14. The number of nitrogens with zero attached hydrogens (tertiary/aromatic N) is 1. The van der Waals surface area contributed by atoms with Crippen LogP contribution in [0.3, 0.4) is 0 Å². The van der Waals surface area contributed by atoms with Crippen molar-refractivity contribution in [1.29, 1.82) is 0 Å². The van der Waals surface area contributed by atoms with Crippen LogP contribution in [0.25, 0.3) is 0 Å². The second-order valence-corrected chi connectivity index (χ2v) is 5.01. The zero-order chi connectivity index (χ0) is 16.8. The van der Waals surface area contributed by atoms with E-state index in [1.807, 2.05) is 6.92 Å². The normalized spacial score (nSPS) is 11.7. The predicted octanol–water partition coefficient (Wildman–Crippen LogP) is 1.94. The molecule has 0 saturated heterocycles. The molecule has 0 bridgehead atoms. The van der Waals surface area contributed by atoms with Gasteiger partial charge in [-0.2, -0.15) is 0 Å². The summed E-state index contributed by atoms with van der Waals surface area (Å²) in [4.78, 5) is 37.0. The molecule has 1 N–H and O–H groups in total. The van der Waals surface area contributed by atoms with E-state index in [-0.39, 0.29) is 5.56 Å². The van der Waals surface area contributed by atoms with Crippen LogP contribution < -0.4 is 10.9 Å². The highest BCUT2D eigenvalue weighted by atomic mass is 19.1. The molecule has 0 spiro atoms. The Morgan fingerprint density at radius 1 is 1.17 bits per heavy atom. The van der Waals surface area contributed by atoms with E-state index < -0.39 is 29.1 Å². The summed E-state index contributed by atoms with van der Waals surface area (Å²) in [5, 5.41) is 2.63. The molecule has 0 unspecified atom stereocenters. The lowest BCUT2D eigenvalue weighted by Crippen LogP contribution is -2.41. The molecule has 2 rings (SSSR count). The molecule has 0 aliphatic heterocycles. The summed E-state index contributed by atoms with van der Waals surface area (Å²) in [5.74, 6) is -1.60. The maximum atomic E-state index is 13.0. The maximum Gasteiger partial charge on any atom is 0.251 e. The van der Waals surface area contributed by atoms with Crippen LogP contribution in [0.2, 0.25) is 0 Å². The Kier molecular flexibility index (Phi) is 5.41. The fourth-order valence-corrected chi connectivity index (χ4v) is 2.14. The van der Waals surface area contributed by atoms with Crippen LogP contribution in [-0.4, -0.2) is 22.8 Å². The van der Waals surface area contributed by atoms with Crippen LogP contribution in [0.15, 0.2) is 53.5 Å². The van der Waals surface area contributed by atoms with Gasteiger partial charge in [-0.3, -0.25) is 19.0 Å². The van der Waals surface area contributed by atoms with Crippen molar-refractivity contribution in [3.8, 4) is 0 Å². The van der Waals surface area contributed by atoms with E-state index in [1.54, 1.807) is 6.07 Å². The topological polar surface area (TPSA) is 68.2 Å². The van der Waals surface area contributed by atoms with Crippen LogP contribution in [0.4, 0.5) is 4.39 Å². The molecule has 0 fully saturated rings. The quantitative estimate of drug-likeness (QED) is 0.654. The minimum atomic E-state index is -1.32. The van der Waals surface area contributed by atoms with Gasteiger partial charge in [-0.1, -0.05) is 13.0 Å². The number of rotatable bonds is 6. The molecule has 1 atom stereocenters. The number of halogens is 1. The number of amides is 1. The lowest BCUT2D eigenvalue weighted by molar-refractivity contribution is -0.123. The van der Waals surface area contributed by atoms with Crippen molar-refractivity contribution in [2.75, 3.05) is 6.54 Å². The Hall–Kier alpha value is -2.76. The van der Waals surface area contributed by atoms with Crippen LogP contribution in [0.1, 0.15) is 29.7 Å². The third-order valence-electron chi connectivity index (χ3n) is 3.30. The van der Waals surface area contributed by atoms with Crippen LogP contribution in [0, 0.1) is 5.82 Å². The summed E-state index contributed by atoms with van der Waals surface area (Å²) >= 11 is 0. The first kappa shape index (κ1) is 16.6. The number of nitrogens with one attached hydrogen (secondary N) is 1. The van der Waals surface area contributed by atoms with E-state index >= 15 is 0 Å². The first-order chi connectivity index (χ1) is 11.0. The summed E-state index contributed by atoms with van der Waals surface area (Å²) in [7, 11) is 0. The Balaban J connectivity index is 2.43. The lowest BCUT2D eigenvalue weighted by Gasteiger charge is -2.18. The Morgan fingerprint density at radius 3 is 2.48 bits per heavy atom. The van der Waals surface area contributed by atoms with E-state index in [9.17, 15) is 18.8 Å². The average Bonchev–Trinajstić information content (AvgIpc) is 2.55. The standard InChI is InChI=1S/C17H17FN2O3/c1-2-10-19-17(23)15(20-11-4-3-5-14(20)21)16(22)12-6-8-13(18)9-7-12/h3-9,11,15H,2,10H2,1H3,(H,19,23)/t15-/m0/s1. The van der Waals surface area contributed by atoms with Crippen molar-refractivity contribution in [1.82, 2.24) is 9.88 Å². The molecular formula is C17H17FN2O3. The predicted molar refractivity (Wildman–Crippen MR) is 83.8 cm³/mol. The number of Topliss-reactive ketones (excluding diaryl/α,β-unsaturated/α-hetero) is 1. The Bertz CT molecular complexity index is 753. The number of aromatic nitrogens is 1. The molecule has 120 valence electrons. The van der Waals surface area contributed by atoms with Gasteiger partial charge < -0.3 is 5.32 Å². The second-order valence-electron chi connectivity index (χ2n) is 5.01. The van der Waals surface area contributed by atoms with Gasteiger partial charge in [-0.25, -0.2) is 4.39 Å². The molecule has 2 aromatic rings. The van der Waals surface area contributed by atoms with Gasteiger partial charge in [0.1, 0.15) is 5.82 Å². The van der Waals surface area contributed by atoms with Crippen molar-refractivity contribution < 1.29 is 14.0 Å². The number of benzene rings is 1. The number of carbonyl (C=O) groups is 2. The summed E-state index contributed by atoms with van der Waals surface area (Å²) in [6, 6.07) is 7.93. The van der Waals surface area contributed by atoms with Gasteiger partial charge >= 0.3 is 0 Å². The number of hydrogen-bond donors (Lipinski definition) is 1. The molecule has 1 aromatic carbocycles. The number of hydrogen-bond acceptors (Lipinski definition) is 3. The van der Waals surface area contributed by atoms with Gasteiger partial charge in [0.25, 0.3) is 11.5 Å². The van der Waals surface area contributed by atoms with E-state index in [1.165, 1.54) is 30.5 Å². The third-order valence-corrected chi connectivity index (χ3v) is 3.30. The minimum absolute atomic E-state index is 0.166. The minimum Gasteiger partial charge on any atom is -0.354 e. The van der Waals surface area contributed by atoms with Crippen molar-refractivity contribution >= 4 is 11.7 Å². The summed E-state index contributed by atoms with van der Waals surface area (Å²) < 4.78 is 14.1. The summed E-state index contributed by atoms with van der Waals surface area (Å²) in [6.07, 6.45) is 2.09. The van der Waals surface area contributed by atoms with E-state index in [4.69, 9.17) is 0 Å². The van der Waals surface area contributed by atoms with Gasteiger partial charge in [0.15, 0.2) is 11.8 Å². The van der Waals surface area contributed by atoms with Gasteiger partial charge in [0.2, 0.25) is 0 Å². The van der Waals surface area contributed by atoms with Gasteiger partial charge in [0, 0.05) is 24.4 Å². The summed E-state index contributed by atoms with van der Waals surface area (Å²) in [6.45, 7) is 2.28. The average molecular weight is 316 g/mol. The van der Waals surface area contributed by atoms with Crippen LogP contribution in [0.5, 0.6) is 0 Å². The molecule has 0 aliphatic rings. The molecule has 0 saturated carbocycles. The third kappa shape index (κ3) is 3.91. The lowest BCUT2D eigenvalue weighted by atomic mass is 10.0. The Labute approximate surface area is 132 Å². The molecule has 23 heavy (non-hydrogen) atoms. The first-order valence-corrected chi connectivity index (χ1v) is 7.29. The second kappa shape index (κ2) is 7.49. The number of carbonyl (C=O) groups excluding carboxylic acids is 2. The van der Waals surface area contributed by atoms with Crippen molar-refractivity contribution in [3.63, 3.8) is 0 Å². The molecule has 1 heterocycles. The van der Waals surface area contributed by atoms with Crippen molar-refractivity contribution in [2.45, 2.75) is 19.4 Å². The smallest absolute Gasteiger partial charge is 0.251 e. The largest absolute Gasteiger partial charge is 0.354 e. The molecule has 1 amide bonds. The van der Waals surface area contributed by atoms with E-state index in [2.05, 4.69) is 5.32 Å². The SMILES string of the molecule is CCCNC(=O)[C@H](C(=O)c1ccc(F)cc1)n1ccccc1=O. The van der Waals surface area contributed by atoms with E-state index in [0.717, 1.165) is 16.7 Å². The van der Waals surface area contributed by atoms with E-state index in [0.29, 0.717) is 13.0 Å². The van der Waals surface area contributed by atoms with Crippen LogP contribution >= 0.6 is 0 Å². The molecule has 0 aliphatic carbocycles. The van der Waals surface area contributed by atoms with Gasteiger partial charge in [-0.05, 0) is 36.8 Å². The Morgan fingerprint density at radius 2 is 1.87 bits per heavy atom.